The van der Waals surface area contributed by atoms with Crippen molar-refractivity contribution in [3.63, 3.8) is 0 Å². The van der Waals surface area contributed by atoms with Crippen molar-refractivity contribution in [3.8, 4) is 17.0 Å². The van der Waals surface area contributed by atoms with Gasteiger partial charge in [-0.1, -0.05) is 24.3 Å². The van der Waals surface area contributed by atoms with Crippen molar-refractivity contribution in [2.75, 3.05) is 16.6 Å². The fourth-order valence-electron chi connectivity index (χ4n) is 3.15. The van der Waals surface area contributed by atoms with Crippen LogP contribution in [-0.4, -0.2) is 25.7 Å². The van der Waals surface area contributed by atoms with E-state index in [1.807, 2.05) is 47.8 Å². The second-order valence-corrected chi connectivity index (χ2v) is 9.42. The van der Waals surface area contributed by atoms with Gasteiger partial charge in [0.25, 0.3) is 0 Å². The number of benzene rings is 2. The Morgan fingerprint density at radius 2 is 2.00 bits per heavy atom. The molecule has 3 aromatic rings. The zero-order valence-electron chi connectivity index (χ0n) is 15.0. The second kappa shape index (κ2) is 7.32. The minimum atomic E-state index is -3.22. The van der Waals surface area contributed by atoms with Crippen molar-refractivity contribution < 1.29 is 13.2 Å². The van der Waals surface area contributed by atoms with Gasteiger partial charge < -0.3 is 4.74 Å². The molecule has 0 aliphatic carbocycles. The second-order valence-electron chi connectivity index (χ2n) is 6.29. The molecule has 5 nitrogen and oxygen atoms in total. The zero-order valence-corrected chi connectivity index (χ0v) is 16.6. The summed E-state index contributed by atoms with van der Waals surface area (Å²) in [6, 6.07) is 15.6. The Balaban J connectivity index is 1.51. The minimum absolute atomic E-state index is 0.116. The Labute approximate surface area is 163 Å². The SMILES string of the molecule is CCS(=O)(=O)N1CCc2cc(-c3csc(COc4ccccc4)n3)ccc21. The largest absolute Gasteiger partial charge is 0.486 e. The zero-order chi connectivity index (χ0) is 18.9. The Morgan fingerprint density at radius 3 is 2.78 bits per heavy atom. The molecule has 0 atom stereocenters. The van der Waals surface area contributed by atoms with Crippen LogP contribution in [0.2, 0.25) is 0 Å². The fourth-order valence-corrected chi connectivity index (χ4v) is 5.02. The number of para-hydroxylation sites is 1. The van der Waals surface area contributed by atoms with Gasteiger partial charge in [-0.25, -0.2) is 13.4 Å². The number of hydrogen-bond donors (Lipinski definition) is 0. The highest BCUT2D eigenvalue weighted by Gasteiger charge is 2.28. The number of rotatable bonds is 6. The third-order valence-corrected chi connectivity index (χ3v) is 7.19. The van der Waals surface area contributed by atoms with Gasteiger partial charge in [0.05, 0.1) is 17.1 Å². The maximum atomic E-state index is 12.2. The van der Waals surface area contributed by atoms with E-state index in [4.69, 9.17) is 4.74 Å². The summed E-state index contributed by atoms with van der Waals surface area (Å²) in [6.07, 6.45) is 0.733. The first-order chi connectivity index (χ1) is 13.1. The van der Waals surface area contributed by atoms with Crippen LogP contribution in [0.3, 0.4) is 0 Å². The van der Waals surface area contributed by atoms with Crippen LogP contribution < -0.4 is 9.04 Å². The first-order valence-electron chi connectivity index (χ1n) is 8.83. The summed E-state index contributed by atoms with van der Waals surface area (Å²) in [7, 11) is -3.22. The van der Waals surface area contributed by atoms with Crippen molar-refractivity contribution >= 4 is 27.0 Å². The fraction of sp³-hybridized carbons (Fsp3) is 0.250. The third kappa shape index (κ3) is 3.70. The molecule has 0 fully saturated rings. The van der Waals surface area contributed by atoms with E-state index in [1.165, 1.54) is 4.31 Å². The number of fused-ring (bicyclic) bond motifs is 1. The van der Waals surface area contributed by atoms with Gasteiger partial charge in [0, 0.05) is 17.5 Å². The maximum Gasteiger partial charge on any atom is 0.234 e. The maximum absolute atomic E-state index is 12.2. The molecule has 140 valence electrons. The van der Waals surface area contributed by atoms with Gasteiger partial charge in [-0.3, -0.25) is 4.31 Å². The number of sulfonamides is 1. The third-order valence-electron chi connectivity index (χ3n) is 4.59. The van der Waals surface area contributed by atoms with Crippen LogP contribution in [0.4, 0.5) is 5.69 Å². The summed E-state index contributed by atoms with van der Waals surface area (Å²) in [4.78, 5) is 4.67. The number of thiazole rings is 1. The smallest absolute Gasteiger partial charge is 0.234 e. The number of anilines is 1. The van der Waals surface area contributed by atoms with Crippen molar-refractivity contribution in [2.45, 2.75) is 20.0 Å². The molecule has 0 unspecified atom stereocenters. The van der Waals surface area contributed by atoms with Crippen LogP contribution in [0, 0.1) is 0 Å². The van der Waals surface area contributed by atoms with Gasteiger partial charge in [0.2, 0.25) is 10.0 Å². The summed E-state index contributed by atoms with van der Waals surface area (Å²) >= 11 is 1.56. The van der Waals surface area contributed by atoms with E-state index in [1.54, 1.807) is 18.3 Å². The van der Waals surface area contributed by atoms with Gasteiger partial charge in [-0.2, -0.15) is 0 Å². The molecule has 1 aromatic heterocycles. The van der Waals surface area contributed by atoms with E-state index in [0.717, 1.165) is 39.7 Å². The molecule has 1 aliphatic rings. The van der Waals surface area contributed by atoms with Crippen LogP contribution in [0.5, 0.6) is 5.75 Å². The van der Waals surface area contributed by atoms with E-state index >= 15 is 0 Å². The summed E-state index contributed by atoms with van der Waals surface area (Å²) < 4.78 is 31.7. The highest BCUT2D eigenvalue weighted by molar-refractivity contribution is 7.92. The van der Waals surface area contributed by atoms with Crippen LogP contribution in [0.15, 0.2) is 53.9 Å². The number of ether oxygens (including phenoxy) is 1. The molecule has 1 aliphatic heterocycles. The number of nitrogens with zero attached hydrogens (tertiary/aromatic N) is 2. The molecule has 2 heterocycles. The lowest BCUT2D eigenvalue weighted by molar-refractivity contribution is 0.305. The van der Waals surface area contributed by atoms with Crippen molar-refractivity contribution in [1.29, 1.82) is 0 Å². The molecule has 4 rings (SSSR count). The summed E-state index contributed by atoms with van der Waals surface area (Å²) in [5, 5.41) is 2.92. The standard InChI is InChI=1S/C20H20N2O3S2/c1-2-27(23,24)22-11-10-16-12-15(8-9-19(16)22)18-14-26-20(21-18)13-25-17-6-4-3-5-7-17/h3-9,12,14H,2,10-11,13H2,1H3. The highest BCUT2D eigenvalue weighted by Crippen LogP contribution is 2.34. The first-order valence-corrected chi connectivity index (χ1v) is 11.3. The Morgan fingerprint density at radius 1 is 1.19 bits per heavy atom. The molecular formula is C20H20N2O3S2. The van der Waals surface area contributed by atoms with E-state index in [2.05, 4.69) is 11.1 Å². The molecule has 0 amide bonds. The van der Waals surface area contributed by atoms with E-state index < -0.39 is 10.0 Å². The minimum Gasteiger partial charge on any atom is -0.486 e. The van der Waals surface area contributed by atoms with Crippen molar-refractivity contribution in [1.82, 2.24) is 4.98 Å². The monoisotopic (exact) mass is 400 g/mol. The lowest BCUT2D eigenvalue weighted by atomic mass is 10.1. The van der Waals surface area contributed by atoms with Gasteiger partial charge >= 0.3 is 0 Å². The van der Waals surface area contributed by atoms with Crippen LogP contribution in [0.1, 0.15) is 17.5 Å². The van der Waals surface area contributed by atoms with Crippen molar-refractivity contribution in [3.05, 3.63) is 64.5 Å². The molecule has 27 heavy (non-hydrogen) atoms. The van der Waals surface area contributed by atoms with Gasteiger partial charge in [-0.05, 0) is 43.2 Å². The normalized spacial score (nSPS) is 13.6. The predicted octanol–water partition coefficient (Wildman–Crippen LogP) is 4.10. The molecule has 7 heteroatoms. The first kappa shape index (κ1) is 18.0. The molecule has 2 aromatic carbocycles. The number of aromatic nitrogens is 1. The summed E-state index contributed by atoms with van der Waals surface area (Å²) in [6.45, 7) is 2.63. The van der Waals surface area contributed by atoms with Gasteiger partial charge in [0.1, 0.15) is 17.4 Å². The average molecular weight is 401 g/mol. The topological polar surface area (TPSA) is 59.5 Å². The Hall–Kier alpha value is -2.38. The average Bonchev–Trinajstić information content (AvgIpc) is 3.34. The molecule has 0 N–H and O–H groups in total. The highest BCUT2D eigenvalue weighted by atomic mass is 32.2. The van der Waals surface area contributed by atoms with Crippen molar-refractivity contribution in [2.24, 2.45) is 0 Å². The van der Waals surface area contributed by atoms with E-state index in [9.17, 15) is 8.42 Å². The molecular weight excluding hydrogens is 380 g/mol. The van der Waals surface area contributed by atoms with Gasteiger partial charge in [-0.15, -0.1) is 11.3 Å². The molecule has 0 saturated carbocycles. The summed E-state index contributed by atoms with van der Waals surface area (Å²) in [5.74, 6) is 0.939. The lowest BCUT2D eigenvalue weighted by Crippen LogP contribution is -2.30. The quantitative estimate of drug-likeness (QED) is 0.625. The molecule has 0 saturated heterocycles. The lowest BCUT2D eigenvalue weighted by Gasteiger charge is -2.18. The molecule has 0 bridgehead atoms. The van der Waals surface area contributed by atoms with Crippen LogP contribution in [0.25, 0.3) is 11.3 Å². The number of hydrogen-bond acceptors (Lipinski definition) is 5. The van der Waals surface area contributed by atoms with E-state index in [0.29, 0.717) is 13.2 Å². The van der Waals surface area contributed by atoms with Crippen LogP contribution >= 0.6 is 11.3 Å². The van der Waals surface area contributed by atoms with Gasteiger partial charge in [0.15, 0.2) is 0 Å². The predicted molar refractivity (Wildman–Crippen MR) is 109 cm³/mol. The molecule has 0 spiro atoms. The van der Waals surface area contributed by atoms with E-state index in [-0.39, 0.29) is 5.75 Å². The Kier molecular flexibility index (Phi) is 4.88. The Bertz CT molecular complexity index is 1050. The molecule has 0 radical (unpaired) electrons. The van der Waals surface area contributed by atoms with Crippen LogP contribution in [-0.2, 0) is 23.1 Å². The summed E-state index contributed by atoms with van der Waals surface area (Å²) in [5.41, 5.74) is 3.75.